The molecule has 1 aliphatic heterocycles. The second-order valence-electron chi connectivity index (χ2n) is 6.80. The van der Waals surface area contributed by atoms with E-state index < -0.39 is 5.97 Å². The van der Waals surface area contributed by atoms with E-state index >= 15 is 0 Å². The van der Waals surface area contributed by atoms with Gasteiger partial charge < -0.3 is 10.5 Å². The predicted molar refractivity (Wildman–Crippen MR) is 107 cm³/mol. The number of carbonyl (C=O) groups is 1. The third kappa shape index (κ3) is 2.71. The van der Waals surface area contributed by atoms with Gasteiger partial charge in [0.15, 0.2) is 0 Å². The van der Waals surface area contributed by atoms with Crippen LogP contribution in [0.25, 0.3) is 10.1 Å². The van der Waals surface area contributed by atoms with Crippen molar-refractivity contribution in [3.05, 3.63) is 58.0 Å². The first kappa shape index (κ1) is 16.9. The van der Waals surface area contributed by atoms with Crippen LogP contribution in [0.3, 0.4) is 0 Å². The van der Waals surface area contributed by atoms with Crippen LogP contribution in [-0.4, -0.2) is 18.1 Å². The van der Waals surface area contributed by atoms with Gasteiger partial charge in [-0.15, -0.1) is 16.9 Å². The molecule has 3 aromatic rings. The number of fused-ring (bicyclic) bond motifs is 2. The second kappa shape index (κ2) is 6.30. The van der Waals surface area contributed by atoms with Crippen molar-refractivity contribution in [3.63, 3.8) is 0 Å². The van der Waals surface area contributed by atoms with Crippen LogP contribution in [0.5, 0.6) is 0 Å². The van der Waals surface area contributed by atoms with Crippen molar-refractivity contribution in [1.29, 1.82) is 0 Å². The Morgan fingerprint density at radius 2 is 2.08 bits per heavy atom. The van der Waals surface area contributed by atoms with E-state index in [0.717, 1.165) is 28.1 Å². The average molecular weight is 367 g/mol. The third-order valence-corrected chi connectivity index (χ3v) is 6.18. The van der Waals surface area contributed by atoms with Gasteiger partial charge in [0.25, 0.3) is 0 Å². The highest BCUT2D eigenvalue weighted by Crippen LogP contribution is 2.40. The lowest BCUT2D eigenvalue weighted by molar-refractivity contribution is -0.137. The Hall–Kier alpha value is -2.57. The van der Waals surface area contributed by atoms with Crippen molar-refractivity contribution in [2.24, 2.45) is 0 Å². The number of hydrogen-bond acceptors (Lipinski definition) is 5. The van der Waals surface area contributed by atoms with Crippen LogP contribution in [-0.2, 0) is 4.79 Å². The minimum absolute atomic E-state index is 0.0674. The van der Waals surface area contributed by atoms with Crippen LogP contribution in [0.1, 0.15) is 34.6 Å². The molecular formula is C20H21N3O2S. The van der Waals surface area contributed by atoms with E-state index in [2.05, 4.69) is 47.5 Å². The first-order valence-electron chi connectivity index (χ1n) is 8.54. The fourth-order valence-corrected chi connectivity index (χ4v) is 4.66. The summed E-state index contributed by atoms with van der Waals surface area (Å²) in [7, 11) is 1.94. The number of anilines is 2. The maximum Gasteiger partial charge on any atom is 0.304 e. The predicted octanol–water partition coefficient (Wildman–Crippen LogP) is 4.41. The van der Waals surface area contributed by atoms with Gasteiger partial charge >= 0.3 is 5.97 Å². The molecule has 0 aliphatic carbocycles. The summed E-state index contributed by atoms with van der Waals surface area (Å²) in [6.07, 6.45) is 0.0674. The number of hydrogen-bond donors (Lipinski definition) is 3. The number of rotatable bonds is 4. The average Bonchev–Trinajstić information content (AvgIpc) is 3.21. The Balaban J connectivity index is 1.86. The van der Waals surface area contributed by atoms with Crippen LogP contribution >= 0.6 is 11.3 Å². The summed E-state index contributed by atoms with van der Waals surface area (Å²) in [6.45, 7) is 4.14. The number of nitrogens with one attached hydrogen (secondary N) is 2. The molecule has 26 heavy (non-hydrogen) atoms. The Morgan fingerprint density at radius 1 is 1.27 bits per heavy atom. The zero-order valence-corrected chi connectivity index (χ0v) is 15.8. The molecule has 0 radical (unpaired) electrons. The molecule has 1 atom stereocenters. The minimum atomic E-state index is -0.791. The minimum Gasteiger partial charge on any atom is -0.481 e. The van der Waals surface area contributed by atoms with E-state index in [1.807, 2.05) is 25.0 Å². The first-order chi connectivity index (χ1) is 12.5. The Kier molecular flexibility index (Phi) is 4.09. The van der Waals surface area contributed by atoms with Crippen LogP contribution in [0, 0.1) is 13.8 Å². The third-order valence-electron chi connectivity index (χ3n) is 5.11. The molecule has 3 N–H and O–H groups in total. The molecule has 0 saturated carbocycles. The zero-order valence-electron chi connectivity index (χ0n) is 15.0. The normalized spacial score (nSPS) is 14.3. The van der Waals surface area contributed by atoms with Crippen LogP contribution in [0.2, 0.25) is 0 Å². The van der Waals surface area contributed by atoms with Gasteiger partial charge in [-0.2, -0.15) is 0 Å². The fourth-order valence-electron chi connectivity index (χ4n) is 3.80. The van der Waals surface area contributed by atoms with Crippen LogP contribution in [0.15, 0.2) is 35.7 Å². The SMILES string of the molecule is Cc1c([C@H](CC(=O)O)c2cc(C)c3sccc3c2)ccc2c1NNN2C. The van der Waals surface area contributed by atoms with Crippen molar-refractivity contribution in [2.45, 2.75) is 26.2 Å². The summed E-state index contributed by atoms with van der Waals surface area (Å²) in [5.74, 6) is -0.977. The van der Waals surface area contributed by atoms with Gasteiger partial charge in [0, 0.05) is 17.7 Å². The first-order valence-corrected chi connectivity index (χ1v) is 9.42. The van der Waals surface area contributed by atoms with E-state index in [9.17, 15) is 9.90 Å². The lowest BCUT2D eigenvalue weighted by Gasteiger charge is -2.21. The molecule has 0 fully saturated rings. The Labute approximate surface area is 156 Å². The van der Waals surface area contributed by atoms with Crippen molar-refractivity contribution < 1.29 is 9.90 Å². The summed E-state index contributed by atoms with van der Waals surface area (Å²) < 4.78 is 1.26. The van der Waals surface area contributed by atoms with Crippen LogP contribution < -0.4 is 16.0 Å². The molecule has 0 spiro atoms. The van der Waals surface area contributed by atoms with Crippen molar-refractivity contribution in [3.8, 4) is 0 Å². The molecule has 134 valence electrons. The quantitative estimate of drug-likeness (QED) is 0.638. The highest BCUT2D eigenvalue weighted by Gasteiger charge is 2.25. The van der Waals surface area contributed by atoms with Crippen LogP contribution in [0.4, 0.5) is 11.4 Å². The second-order valence-corrected chi connectivity index (χ2v) is 7.71. The van der Waals surface area contributed by atoms with E-state index in [-0.39, 0.29) is 12.3 Å². The number of aryl methyl sites for hydroxylation is 1. The van der Waals surface area contributed by atoms with Crippen molar-refractivity contribution in [1.82, 2.24) is 5.53 Å². The molecule has 6 heteroatoms. The van der Waals surface area contributed by atoms with Gasteiger partial charge in [-0.25, -0.2) is 0 Å². The number of benzene rings is 2. The van der Waals surface area contributed by atoms with Crippen molar-refractivity contribution in [2.75, 3.05) is 17.5 Å². The highest BCUT2D eigenvalue weighted by molar-refractivity contribution is 7.17. The number of carboxylic acids is 1. The van der Waals surface area contributed by atoms with E-state index in [4.69, 9.17) is 0 Å². The number of aliphatic carboxylic acids is 1. The lowest BCUT2D eigenvalue weighted by atomic mass is 9.84. The molecule has 2 aromatic carbocycles. The summed E-state index contributed by atoms with van der Waals surface area (Å²) in [5, 5.41) is 14.7. The molecule has 1 aliphatic rings. The van der Waals surface area contributed by atoms with Gasteiger partial charge in [-0.1, -0.05) is 12.1 Å². The number of thiophene rings is 1. The summed E-state index contributed by atoms with van der Waals surface area (Å²) in [5.41, 5.74) is 12.7. The smallest absolute Gasteiger partial charge is 0.304 e. The largest absolute Gasteiger partial charge is 0.481 e. The van der Waals surface area contributed by atoms with Gasteiger partial charge in [-0.3, -0.25) is 9.80 Å². The maximum atomic E-state index is 11.6. The molecular weight excluding hydrogens is 346 g/mol. The highest BCUT2D eigenvalue weighted by atomic mass is 32.1. The van der Waals surface area contributed by atoms with Gasteiger partial charge in [-0.05, 0) is 65.1 Å². The lowest BCUT2D eigenvalue weighted by Crippen LogP contribution is -2.31. The summed E-state index contributed by atoms with van der Waals surface area (Å²) in [6, 6.07) is 10.5. The molecule has 1 aromatic heterocycles. The van der Waals surface area contributed by atoms with E-state index in [0.29, 0.717) is 0 Å². The molecule has 2 heterocycles. The monoisotopic (exact) mass is 367 g/mol. The molecule has 0 saturated heterocycles. The molecule has 5 nitrogen and oxygen atoms in total. The van der Waals surface area contributed by atoms with Gasteiger partial charge in [0.1, 0.15) is 0 Å². The molecule has 0 bridgehead atoms. The molecule has 0 unspecified atom stereocenters. The number of hydrazine groups is 2. The maximum absolute atomic E-state index is 11.6. The van der Waals surface area contributed by atoms with E-state index in [1.165, 1.54) is 15.6 Å². The topological polar surface area (TPSA) is 64.6 Å². The molecule has 4 rings (SSSR count). The summed E-state index contributed by atoms with van der Waals surface area (Å²) >= 11 is 1.72. The molecule has 0 amide bonds. The van der Waals surface area contributed by atoms with E-state index in [1.54, 1.807) is 11.3 Å². The van der Waals surface area contributed by atoms with Crippen molar-refractivity contribution >= 4 is 38.8 Å². The summed E-state index contributed by atoms with van der Waals surface area (Å²) in [4.78, 5) is 11.6. The number of nitrogens with zero attached hydrogens (tertiary/aromatic N) is 1. The number of carboxylic acid groups (broad SMARTS) is 1. The van der Waals surface area contributed by atoms with Gasteiger partial charge in [0.05, 0.1) is 17.8 Å². The standard InChI is InChI=1S/C20H21N3O2S/c1-11-8-14(9-13-6-7-26-20(11)13)16(10-18(24)25)15-4-5-17-19(12(15)2)21-22-23(17)3/h4-9,16,21-22H,10H2,1-3H3,(H,24,25)/t16-/m1/s1. The zero-order chi connectivity index (χ0) is 18.4. The fraction of sp³-hybridized carbons (Fsp3) is 0.250. The van der Waals surface area contributed by atoms with Gasteiger partial charge in [0.2, 0.25) is 0 Å². The Morgan fingerprint density at radius 3 is 2.85 bits per heavy atom. The Bertz CT molecular complexity index is 1010.